The number of thiophene rings is 1. The van der Waals surface area contributed by atoms with E-state index < -0.39 is 0 Å². The maximum Gasteiger partial charge on any atom is 0.251 e. The number of rotatable bonds is 3. The van der Waals surface area contributed by atoms with Gasteiger partial charge in [-0.1, -0.05) is 23.4 Å². The van der Waals surface area contributed by atoms with E-state index in [-0.39, 0.29) is 12.5 Å². The van der Waals surface area contributed by atoms with E-state index in [4.69, 9.17) is 16.7 Å². The summed E-state index contributed by atoms with van der Waals surface area (Å²) in [5, 5.41) is 14.1. The maximum absolute atomic E-state index is 12.0. The van der Waals surface area contributed by atoms with Crippen LogP contribution in [0.2, 0.25) is 5.02 Å². The molecule has 0 radical (unpaired) electrons. The second kappa shape index (κ2) is 7.28. The predicted octanol–water partition coefficient (Wildman–Crippen LogP) is 2.98. The van der Waals surface area contributed by atoms with Crippen molar-refractivity contribution in [2.24, 2.45) is 0 Å². The van der Waals surface area contributed by atoms with Crippen LogP contribution in [0, 0.1) is 18.8 Å². The molecule has 0 bridgehead atoms. The summed E-state index contributed by atoms with van der Waals surface area (Å²) in [4.78, 5) is 13.1. The van der Waals surface area contributed by atoms with Gasteiger partial charge in [0.05, 0.1) is 6.54 Å². The standard InChI is InChI=1S/C16H14ClNO2S/c1-11-7-13(4-5-15(11)17)16(20)18-9-14-8-12(10-21-14)3-2-6-19/h4-5,7-8,10,19H,6,9H2,1H3,(H,18,20). The molecule has 2 aromatic rings. The molecular weight excluding hydrogens is 306 g/mol. The van der Waals surface area contributed by atoms with Gasteiger partial charge in [0.2, 0.25) is 0 Å². The van der Waals surface area contributed by atoms with Gasteiger partial charge in [-0.3, -0.25) is 4.79 Å². The highest BCUT2D eigenvalue weighted by molar-refractivity contribution is 7.10. The van der Waals surface area contributed by atoms with Crippen molar-refractivity contribution >= 4 is 28.8 Å². The second-order valence-corrected chi connectivity index (χ2v) is 5.81. The summed E-state index contributed by atoms with van der Waals surface area (Å²) in [7, 11) is 0. The molecule has 1 amide bonds. The van der Waals surface area contributed by atoms with Crippen LogP contribution in [0.5, 0.6) is 0 Å². The van der Waals surface area contributed by atoms with Crippen LogP contribution in [0.15, 0.2) is 29.6 Å². The quantitative estimate of drug-likeness (QED) is 0.855. The minimum absolute atomic E-state index is 0.133. The van der Waals surface area contributed by atoms with Crippen molar-refractivity contribution in [2.75, 3.05) is 6.61 Å². The van der Waals surface area contributed by atoms with Crippen molar-refractivity contribution in [3.05, 3.63) is 56.2 Å². The van der Waals surface area contributed by atoms with Crippen molar-refractivity contribution in [2.45, 2.75) is 13.5 Å². The summed E-state index contributed by atoms with van der Waals surface area (Å²) in [6.07, 6.45) is 0. The lowest BCUT2D eigenvalue weighted by Crippen LogP contribution is -2.22. The van der Waals surface area contributed by atoms with Gasteiger partial charge >= 0.3 is 0 Å². The van der Waals surface area contributed by atoms with Crippen LogP contribution < -0.4 is 5.32 Å². The lowest BCUT2D eigenvalue weighted by atomic mass is 10.1. The number of aryl methyl sites for hydroxylation is 1. The van der Waals surface area contributed by atoms with Gasteiger partial charge in [-0.2, -0.15) is 0 Å². The fraction of sp³-hybridized carbons (Fsp3) is 0.188. The Balaban J connectivity index is 1.97. The van der Waals surface area contributed by atoms with Gasteiger partial charge in [0, 0.05) is 26.4 Å². The first-order valence-electron chi connectivity index (χ1n) is 6.31. The fourth-order valence-corrected chi connectivity index (χ4v) is 2.61. The molecule has 0 fully saturated rings. The first-order chi connectivity index (χ1) is 10.1. The van der Waals surface area contributed by atoms with Gasteiger partial charge in [-0.25, -0.2) is 0 Å². The Morgan fingerprint density at radius 2 is 2.24 bits per heavy atom. The number of hydrogen-bond donors (Lipinski definition) is 2. The number of aliphatic hydroxyl groups excluding tert-OH is 1. The third-order valence-corrected chi connectivity index (χ3v) is 4.17. The van der Waals surface area contributed by atoms with Gasteiger partial charge in [0.25, 0.3) is 5.91 Å². The van der Waals surface area contributed by atoms with Crippen LogP contribution >= 0.6 is 22.9 Å². The summed E-state index contributed by atoms with van der Waals surface area (Å²) in [6, 6.07) is 7.10. The zero-order valence-electron chi connectivity index (χ0n) is 11.4. The van der Waals surface area contributed by atoms with Crippen LogP contribution in [0.25, 0.3) is 0 Å². The third-order valence-electron chi connectivity index (χ3n) is 2.81. The largest absolute Gasteiger partial charge is 0.384 e. The molecule has 0 aliphatic heterocycles. The van der Waals surface area contributed by atoms with E-state index in [9.17, 15) is 4.79 Å². The molecule has 1 aromatic carbocycles. The Labute approximate surface area is 132 Å². The zero-order chi connectivity index (χ0) is 15.2. The topological polar surface area (TPSA) is 49.3 Å². The highest BCUT2D eigenvalue weighted by Crippen LogP contribution is 2.17. The van der Waals surface area contributed by atoms with E-state index >= 15 is 0 Å². The van der Waals surface area contributed by atoms with E-state index in [2.05, 4.69) is 17.2 Å². The Morgan fingerprint density at radius 3 is 2.95 bits per heavy atom. The molecule has 108 valence electrons. The number of nitrogens with one attached hydrogen (secondary N) is 1. The number of hydrogen-bond acceptors (Lipinski definition) is 3. The van der Waals surface area contributed by atoms with Crippen LogP contribution in [0.1, 0.15) is 26.4 Å². The van der Waals surface area contributed by atoms with Crippen LogP contribution in [0.3, 0.4) is 0 Å². The molecule has 21 heavy (non-hydrogen) atoms. The zero-order valence-corrected chi connectivity index (χ0v) is 13.0. The van der Waals surface area contributed by atoms with Crippen LogP contribution in [-0.4, -0.2) is 17.6 Å². The van der Waals surface area contributed by atoms with E-state index in [1.807, 2.05) is 18.4 Å². The van der Waals surface area contributed by atoms with Crippen LogP contribution in [0.4, 0.5) is 0 Å². The number of amides is 1. The SMILES string of the molecule is Cc1cc(C(=O)NCc2cc(C#CCO)cs2)ccc1Cl. The molecule has 0 saturated carbocycles. The van der Waals surface area contributed by atoms with Crippen molar-refractivity contribution in [3.8, 4) is 11.8 Å². The summed E-state index contributed by atoms with van der Waals surface area (Å²) < 4.78 is 0. The minimum atomic E-state index is -0.155. The summed E-state index contributed by atoms with van der Waals surface area (Å²) in [5.41, 5.74) is 2.32. The summed E-state index contributed by atoms with van der Waals surface area (Å²) >= 11 is 7.46. The molecule has 0 aliphatic carbocycles. The molecule has 1 aromatic heterocycles. The smallest absolute Gasteiger partial charge is 0.251 e. The molecule has 2 N–H and O–H groups in total. The number of benzene rings is 1. The monoisotopic (exact) mass is 319 g/mol. The molecular formula is C16H14ClNO2S. The molecule has 3 nitrogen and oxygen atoms in total. The highest BCUT2D eigenvalue weighted by atomic mass is 35.5. The average molecular weight is 320 g/mol. The van der Waals surface area contributed by atoms with Crippen molar-refractivity contribution in [1.82, 2.24) is 5.32 Å². The van der Waals surface area contributed by atoms with Crippen molar-refractivity contribution < 1.29 is 9.90 Å². The minimum Gasteiger partial charge on any atom is -0.384 e. The van der Waals surface area contributed by atoms with Crippen LogP contribution in [-0.2, 0) is 6.54 Å². The highest BCUT2D eigenvalue weighted by Gasteiger charge is 2.07. The molecule has 0 aliphatic rings. The third kappa shape index (κ3) is 4.33. The number of halogens is 1. The molecule has 0 unspecified atom stereocenters. The normalized spacial score (nSPS) is 9.86. The Kier molecular flexibility index (Phi) is 5.40. The first kappa shape index (κ1) is 15.6. The van der Waals surface area contributed by atoms with Gasteiger partial charge in [0.1, 0.15) is 6.61 Å². The maximum atomic E-state index is 12.0. The van der Waals surface area contributed by atoms with Gasteiger partial charge < -0.3 is 10.4 Å². The van der Waals surface area contributed by atoms with Crippen molar-refractivity contribution in [1.29, 1.82) is 0 Å². The molecule has 1 heterocycles. The molecule has 0 saturated heterocycles. The van der Waals surface area contributed by atoms with E-state index in [1.54, 1.807) is 18.2 Å². The summed E-state index contributed by atoms with van der Waals surface area (Å²) in [5.74, 6) is 5.29. The second-order valence-electron chi connectivity index (χ2n) is 4.41. The average Bonchev–Trinajstić information content (AvgIpc) is 2.93. The van der Waals surface area contributed by atoms with Crippen molar-refractivity contribution in [3.63, 3.8) is 0 Å². The lowest BCUT2D eigenvalue weighted by Gasteiger charge is -2.05. The first-order valence-corrected chi connectivity index (χ1v) is 7.57. The van der Waals surface area contributed by atoms with E-state index in [0.29, 0.717) is 17.1 Å². The van der Waals surface area contributed by atoms with E-state index in [0.717, 1.165) is 16.0 Å². The number of carbonyl (C=O) groups excluding carboxylic acids is 1. The number of aliphatic hydroxyl groups is 1. The summed E-state index contributed by atoms with van der Waals surface area (Å²) in [6.45, 7) is 2.16. The predicted molar refractivity (Wildman–Crippen MR) is 85.6 cm³/mol. The van der Waals surface area contributed by atoms with Gasteiger partial charge in [0.15, 0.2) is 0 Å². The Morgan fingerprint density at radius 1 is 1.43 bits per heavy atom. The van der Waals surface area contributed by atoms with Gasteiger partial charge in [-0.15, -0.1) is 11.3 Å². The van der Waals surface area contributed by atoms with Gasteiger partial charge in [-0.05, 0) is 36.8 Å². The molecule has 0 spiro atoms. The van der Waals surface area contributed by atoms with E-state index in [1.165, 1.54) is 11.3 Å². The lowest BCUT2D eigenvalue weighted by molar-refractivity contribution is 0.0951. The number of carbonyl (C=O) groups is 1. The molecule has 2 rings (SSSR count). The molecule has 0 atom stereocenters. The fourth-order valence-electron chi connectivity index (χ4n) is 1.74. The molecule has 5 heteroatoms. The Hall–Kier alpha value is -1.80. The Bertz CT molecular complexity index is 713.